The van der Waals surface area contributed by atoms with Crippen LogP contribution in [-0.4, -0.2) is 50.3 Å². The van der Waals surface area contributed by atoms with E-state index in [9.17, 15) is 0 Å². The first-order chi connectivity index (χ1) is 8.63. The van der Waals surface area contributed by atoms with Gasteiger partial charge in [-0.05, 0) is 51.6 Å². The van der Waals surface area contributed by atoms with Crippen molar-refractivity contribution in [3.63, 3.8) is 0 Å². The molecule has 1 N–H and O–H groups in total. The predicted octanol–water partition coefficient (Wildman–Crippen LogP) is 2.51. The first-order valence-corrected chi connectivity index (χ1v) is 7.66. The van der Waals surface area contributed by atoms with Gasteiger partial charge in [-0.15, -0.1) is 0 Å². The fraction of sp³-hybridized carbons (Fsp3) is 1.00. The van der Waals surface area contributed by atoms with Crippen LogP contribution in [0.2, 0.25) is 0 Å². The van der Waals surface area contributed by atoms with Crippen LogP contribution in [0.25, 0.3) is 0 Å². The van der Waals surface area contributed by atoms with Crippen molar-refractivity contribution < 1.29 is 4.74 Å². The number of hydrogen-bond donors (Lipinski definition) is 1. The molecule has 1 aliphatic rings. The van der Waals surface area contributed by atoms with E-state index in [-0.39, 0.29) is 0 Å². The lowest BCUT2D eigenvalue weighted by atomic mass is 9.79. The van der Waals surface area contributed by atoms with E-state index in [2.05, 4.69) is 37.9 Å². The van der Waals surface area contributed by atoms with Crippen molar-refractivity contribution in [1.29, 1.82) is 0 Å². The Morgan fingerprint density at radius 2 is 1.89 bits per heavy atom. The van der Waals surface area contributed by atoms with Crippen molar-refractivity contribution in [2.45, 2.75) is 53.0 Å². The number of nitrogens with one attached hydrogen (secondary N) is 1. The van der Waals surface area contributed by atoms with Gasteiger partial charge in [0.25, 0.3) is 0 Å². The van der Waals surface area contributed by atoms with Crippen LogP contribution >= 0.6 is 0 Å². The second kappa shape index (κ2) is 8.13. The Labute approximate surface area is 113 Å². The van der Waals surface area contributed by atoms with Gasteiger partial charge in [-0.3, -0.25) is 0 Å². The molecule has 0 saturated carbocycles. The summed E-state index contributed by atoms with van der Waals surface area (Å²) in [7, 11) is 0. The van der Waals surface area contributed by atoms with Gasteiger partial charge >= 0.3 is 0 Å². The fourth-order valence-electron chi connectivity index (χ4n) is 2.82. The summed E-state index contributed by atoms with van der Waals surface area (Å²) in [5.74, 6) is 0. The highest BCUT2D eigenvalue weighted by Gasteiger charge is 2.34. The van der Waals surface area contributed by atoms with Crippen LogP contribution in [-0.2, 0) is 4.74 Å². The van der Waals surface area contributed by atoms with E-state index < -0.39 is 0 Å². The van der Waals surface area contributed by atoms with Crippen LogP contribution < -0.4 is 5.32 Å². The average molecular weight is 256 g/mol. The lowest BCUT2D eigenvalue weighted by Crippen LogP contribution is -2.49. The molecule has 1 fully saturated rings. The number of ether oxygens (including phenoxy) is 1. The van der Waals surface area contributed by atoms with E-state index in [0.717, 1.165) is 26.3 Å². The Kier molecular flexibility index (Phi) is 7.20. The monoisotopic (exact) mass is 256 g/mol. The van der Waals surface area contributed by atoms with Gasteiger partial charge < -0.3 is 15.0 Å². The Morgan fingerprint density at radius 1 is 1.22 bits per heavy atom. The molecule has 0 amide bonds. The summed E-state index contributed by atoms with van der Waals surface area (Å²) in [6, 6.07) is 0.645. The topological polar surface area (TPSA) is 24.5 Å². The Morgan fingerprint density at radius 3 is 2.39 bits per heavy atom. The first kappa shape index (κ1) is 15.9. The summed E-state index contributed by atoms with van der Waals surface area (Å²) in [5, 5.41) is 3.56. The molecule has 108 valence electrons. The average Bonchev–Trinajstić information content (AvgIpc) is 2.37. The fourth-order valence-corrected chi connectivity index (χ4v) is 2.82. The number of hydrogen-bond acceptors (Lipinski definition) is 3. The highest BCUT2D eigenvalue weighted by atomic mass is 16.5. The lowest BCUT2D eigenvalue weighted by Gasteiger charge is -2.42. The highest BCUT2D eigenvalue weighted by molar-refractivity contribution is 4.88. The van der Waals surface area contributed by atoms with Crippen molar-refractivity contribution >= 4 is 0 Å². The molecule has 0 bridgehead atoms. The molecule has 1 saturated heterocycles. The summed E-state index contributed by atoms with van der Waals surface area (Å²) in [5.41, 5.74) is 0.424. The number of rotatable bonds is 8. The molecule has 0 spiro atoms. The minimum atomic E-state index is 0.424. The van der Waals surface area contributed by atoms with Crippen molar-refractivity contribution in [2.24, 2.45) is 5.41 Å². The summed E-state index contributed by atoms with van der Waals surface area (Å²) in [6.07, 6.45) is 3.64. The molecule has 3 heteroatoms. The third kappa shape index (κ3) is 4.87. The smallest absolute Gasteiger partial charge is 0.0472 e. The molecule has 3 nitrogen and oxygen atoms in total. The van der Waals surface area contributed by atoms with Gasteiger partial charge in [0.05, 0.1) is 0 Å². The molecule has 0 aliphatic carbocycles. The van der Waals surface area contributed by atoms with Gasteiger partial charge in [-0.25, -0.2) is 0 Å². The van der Waals surface area contributed by atoms with Crippen molar-refractivity contribution in [1.82, 2.24) is 10.2 Å². The second-order valence-electron chi connectivity index (χ2n) is 5.96. The zero-order valence-corrected chi connectivity index (χ0v) is 12.8. The standard InChI is InChI=1S/C15H32N2O/c1-5-9-17(14(3)4)13-15(12-16-6-2)7-10-18-11-8-15/h14,16H,5-13H2,1-4H3. The number of nitrogens with zero attached hydrogens (tertiary/aromatic N) is 1. The van der Waals surface area contributed by atoms with E-state index in [1.165, 1.54) is 32.4 Å². The Balaban J connectivity index is 2.62. The Hall–Kier alpha value is -0.120. The van der Waals surface area contributed by atoms with Gasteiger partial charge in [-0.1, -0.05) is 13.8 Å². The lowest BCUT2D eigenvalue weighted by molar-refractivity contribution is -0.00923. The predicted molar refractivity (Wildman–Crippen MR) is 78.0 cm³/mol. The van der Waals surface area contributed by atoms with Crippen LogP contribution in [0.4, 0.5) is 0 Å². The normalized spacial score (nSPS) is 19.7. The Bertz CT molecular complexity index is 213. The van der Waals surface area contributed by atoms with Crippen molar-refractivity contribution in [3.8, 4) is 0 Å². The molecular weight excluding hydrogens is 224 g/mol. The van der Waals surface area contributed by atoms with Crippen LogP contribution in [0.3, 0.4) is 0 Å². The van der Waals surface area contributed by atoms with Crippen molar-refractivity contribution in [3.05, 3.63) is 0 Å². The third-order valence-corrected chi connectivity index (χ3v) is 4.08. The molecule has 1 rings (SSSR count). The molecule has 0 aromatic heterocycles. The molecule has 0 aromatic rings. The minimum Gasteiger partial charge on any atom is -0.381 e. The van der Waals surface area contributed by atoms with Crippen molar-refractivity contribution in [2.75, 3.05) is 39.4 Å². The van der Waals surface area contributed by atoms with Gasteiger partial charge in [0.2, 0.25) is 0 Å². The van der Waals surface area contributed by atoms with E-state index in [1.54, 1.807) is 0 Å². The molecule has 18 heavy (non-hydrogen) atoms. The van der Waals surface area contributed by atoms with Crippen LogP contribution in [0, 0.1) is 5.41 Å². The third-order valence-electron chi connectivity index (χ3n) is 4.08. The van der Waals surface area contributed by atoms with Crippen LogP contribution in [0.15, 0.2) is 0 Å². The molecule has 0 unspecified atom stereocenters. The maximum absolute atomic E-state index is 5.56. The van der Waals surface area contributed by atoms with Gasteiger partial charge in [0.1, 0.15) is 0 Å². The van der Waals surface area contributed by atoms with Gasteiger partial charge in [-0.2, -0.15) is 0 Å². The van der Waals surface area contributed by atoms with Gasteiger partial charge in [0.15, 0.2) is 0 Å². The summed E-state index contributed by atoms with van der Waals surface area (Å²) in [4.78, 5) is 2.64. The molecule has 0 aromatic carbocycles. The van der Waals surface area contributed by atoms with E-state index in [4.69, 9.17) is 4.74 Å². The first-order valence-electron chi connectivity index (χ1n) is 7.66. The van der Waals surface area contributed by atoms with Crippen LogP contribution in [0.5, 0.6) is 0 Å². The zero-order chi connectivity index (χ0) is 13.4. The van der Waals surface area contributed by atoms with E-state index >= 15 is 0 Å². The quantitative estimate of drug-likeness (QED) is 0.722. The second-order valence-corrected chi connectivity index (χ2v) is 5.96. The maximum atomic E-state index is 5.56. The summed E-state index contributed by atoms with van der Waals surface area (Å²) >= 11 is 0. The van der Waals surface area contributed by atoms with Crippen LogP contribution in [0.1, 0.15) is 47.0 Å². The molecule has 0 radical (unpaired) electrons. The summed E-state index contributed by atoms with van der Waals surface area (Å²) in [6.45, 7) is 15.6. The maximum Gasteiger partial charge on any atom is 0.0472 e. The SMILES string of the molecule is CCCN(CC1(CNCC)CCOCC1)C(C)C. The molecule has 1 aliphatic heterocycles. The highest BCUT2D eigenvalue weighted by Crippen LogP contribution is 2.31. The van der Waals surface area contributed by atoms with E-state index in [0.29, 0.717) is 11.5 Å². The minimum absolute atomic E-state index is 0.424. The molecule has 1 heterocycles. The summed E-state index contributed by atoms with van der Waals surface area (Å²) < 4.78 is 5.56. The molecule has 0 atom stereocenters. The largest absolute Gasteiger partial charge is 0.381 e. The van der Waals surface area contributed by atoms with Gasteiger partial charge in [0, 0.05) is 32.3 Å². The van der Waals surface area contributed by atoms with E-state index in [1.807, 2.05) is 0 Å². The zero-order valence-electron chi connectivity index (χ0n) is 12.8. The molecular formula is C15H32N2O.